The zero-order valence-electron chi connectivity index (χ0n) is 8.56. The van der Waals surface area contributed by atoms with E-state index in [4.69, 9.17) is 5.84 Å². The summed E-state index contributed by atoms with van der Waals surface area (Å²) in [4.78, 5) is 5.30. The molecule has 0 fully saturated rings. The molecule has 0 aromatic carbocycles. The van der Waals surface area contributed by atoms with Gasteiger partial charge in [-0.1, -0.05) is 0 Å². The Hall–Kier alpha value is -0.750. The van der Waals surface area contributed by atoms with E-state index in [0.717, 1.165) is 16.5 Å². The summed E-state index contributed by atoms with van der Waals surface area (Å²) < 4.78 is 1.12. The zero-order valence-corrected chi connectivity index (χ0v) is 11.0. The van der Waals surface area contributed by atoms with Crippen molar-refractivity contribution in [3.63, 3.8) is 0 Å². The first-order valence-electron chi connectivity index (χ1n) is 4.88. The van der Waals surface area contributed by atoms with Crippen LogP contribution < -0.4 is 11.3 Å². The van der Waals surface area contributed by atoms with Crippen LogP contribution in [0.4, 0.5) is 0 Å². The standard InChI is InChI=1S/C11H12BrN3S/c12-9-5-10(16-7-9)6-11(15-13)8-1-3-14-4-2-8/h1-5,7,11,15H,6,13H2. The number of hydrogen-bond acceptors (Lipinski definition) is 4. The maximum atomic E-state index is 5.58. The van der Waals surface area contributed by atoms with Crippen LogP contribution in [0.1, 0.15) is 16.5 Å². The minimum absolute atomic E-state index is 0.133. The number of pyridine rings is 1. The molecule has 0 aliphatic heterocycles. The number of halogens is 1. The van der Waals surface area contributed by atoms with E-state index in [1.54, 1.807) is 23.7 Å². The van der Waals surface area contributed by atoms with Gasteiger partial charge in [-0.25, -0.2) is 0 Å². The quantitative estimate of drug-likeness (QED) is 0.674. The van der Waals surface area contributed by atoms with Gasteiger partial charge in [-0.05, 0) is 39.7 Å². The number of nitrogens with two attached hydrogens (primary N) is 1. The molecule has 2 heterocycles. The van der Waals surface area contributed by atoms with Gasteiger partial charge in [0.1, 0.15) is 0 Å². The van der Waals surface area contributed by atoms with Gasteiger partial charge in [0.25, 0.3) is 0 Å². The summed E-state index contributed by atoms with van der Waals surface area (Å²) in [6, 6.07) is 6.21. The van der Waals surface area contributed by atoms with Crippen molar-refractivity contribution in [2.75, 3.05) is 0 Å². The Balaban J connectivity index is 2.12. The highest BCUT2D eigenvalue weighted by atomic mass is 79.9. The monoisotopic (exact) mass is 297 g/mol. The van der Waals surface area contributed by atoms with Crippen molar-refractivity contribution >= 4 is 27.3 Å². The lowest BCUT2D eigenvalue weighted by Crippen LogP contribution is -2.29. The Morgan fingerprint density at radius 2 is 2.19 bits per heavy atom. The predicted octanol–water partition coefficient (Wildman–Crippen LogP) is 2.65. The third-order valence-electron chi connectivity index (χ3n) is 2.34. The fourth-order valence-electron chi connectivity index (χ4n) is 1.53. The molecule has 0 radical (unpaired) electrons. The van der Waals surface area contributed by atoms with Crippen LogP contribution in [0, 0.1) is 0 Å². The first-order chi connectivity index (χ1) is 7.79. The predicted molar refractivity (Wildman–Crippen MR) is 70.0 cm³/mol. The molecule has 0 saturated heterocycles. The van der Waals surface area contributed by atoms with Crippen LogP contribution in [0.2, 0.25) is 0 Å². The topological polar surface area (TPSA) is 50.9 Å². The van der Waals surface area contributed by atoms with Crippen LogP contribution in [0.3, 0.4) is 0 Å². The molecule has 0 spiro atoms. The third-order valence-corrected chi connectivity index (χ3v) is 4.06. The average Bonchev–Trinajstić information content (AvgIpc) is 2.73. The van der Waals surface area contributed by atoms with Gasteiger partial charge in [-0.3, -0.25) is 16.3 Å². The Labute approximate surface area is 107 Å². The summed E-state index contributed by atoms with van der Waals surface area (Å²) in [5.74, 6) is 5.58. The lowest BCUT2D eigenvalue weighted by Gasteiger charge is -2.14. The summed E-state index contributed by atoms with van der Waals surface area (Å²) in [5.41, 5.74) is 3.99. The first-order valence-corrected chi connectivity index (χ1v) is 6.56. The summed E-state index contributed by atoms with van der Waals surface area (Å²) in [5, 5.41) is 2.08. The van der Waals surface area contributed by atoms with Gasteiger partial charge in [-0.2, -0.15) is 0 Å². The Morgan fingerprint density at radius 3 is 2.75 bits per heavy atom. The molecule has 16 heavy (non-hydrogen) atoms. The van der Waals surface area contributed by atoms with E-state index < -0.39 is 0 Å². The summed E-state index contributed by atoms with van der Waals surface area (Å²) in [6.45, 7) is 0. The van der Waals surface area contributed by atoms with E-state index in [0.29, 0.717) is 0 Å². The average molecular weight is 298 g/mol. The van der Waals surface area contributed by atoms with Gasteiger partial charge < -0.3 is 0 Å². The van der Waals surface area contributed by atoms with Gasteiger partial charge in [0, 0.05) is 33.5 Å². The Morgan fingerprint density at radius 1 is 1.44 bits per heavy atom. The SMILES string of the molecule is NNC(Cc1cc(Br)cs1)c1ccncc1. The van der Waals surface area contributed by atoms with E-state index >= 15 is 0 Å². The number of nitrogens with zero attached hydrogens (tertiary/aromatic N) is 1. The molecule has 0 aliphatic carbocycles. The largest absolute Gasteiger partial charge is 0.271 e. The van der Waals surface area contributed by atoms with Gasteiger partial charge >= 0.3 is 0 Å². The van der Waals surface area contributed by atoms with E-state index in [-0.39, 0.29) is 6.04 Å². The number of thiophene rings is 1. The normalized spacial score (nSPS) is 12.6. The van der Waals surface area contributed by atoms with Crippen molar-refractivity contribution in [1.82, 2.24) is 10.4 Å². The maximum Gasteiger partial charge on any atom is 0.0509 e. The first kappa shape index (κ1) is 11.7. The van der Waals surface area contributed by atoms with Crippen molar-refractivity contribution in [2.24, 2.45) is 5.84 Å². The molecule has 2 rings (SSSR count). The molecule has 84 valence electrons. The van der Waals surface area contributed by atoms with Gasteiger partial charge in [-0.15, -0.1) is 11.3 Å². The minimum Gasteiger partial charge on any atom is -0.271 e. The molecule has 0 aliphatic rings. The molecule has 1 atom stereocenters. The van der Waals surface area contributed by atoms with Crippen molar-refractivity contribution in [1.29, 1.82) is 0 Å². The van der Waals surface area contributed by atoms with Gasteiger partial charge in [0.05, 0.1) is 6.04 Å². The molecule has 1 unspecified atom stereocenters. The lowest BCUT2D eigenvalue weighted by atomic mass is 10.1. The summed E-state index contributed by atoms with van der Waals surface area (Å²) in [6.07, 6.45) is 4.45. The highest BCUT2D eigenvalue weighted by Gasteiger charge is 2.11. The van der Waals surface area contributed by atoms with Crippen LogP contribution in [0.25, 0.3) is 0 Å². The smallest absolute Gasteiger partial charge is 0.0509 e. The van der Waals surface area contributed by atoms with Crippen LogP contribution in [-0.4, -0.2) is 4.98 Å². The Kier molecular flexibility index (Phi) is 4.06. The second-order valence-corrected chi connectivity index (χ2v) is 5.35. The summed E-state index contributed by atoms with van der Waals surface area (Å²) in [7, 11) is 0. The molecular weight excluding hydrogens is 286 g/mol. The third kappa shape index (κ3) is 2.89. The number of hydrogen-bond donors (Lipinski definition) is 2. The molecule has 0 amide bonds. The fourth-order valence-corrected chi connectivity index (χ4v) is 3.03. The highest BCUT2D eigenvalue weighted by molar-refractivity contribution is 9.10. The molecule has 3 N–H and O–H groups in total. The molecule has 2 aromatic rings. The van der Waals surface area contributed by atoms with E-state index in [2.05, 4.69) is 37.8 Å². The fraction of sp³-hybridized carbons (Fsp3) is 0.182. The molecule has 2 aromatic heterocycles. The van der Waals surface area contributed by atoms with Gasteiger partial charge in [0.2, 0.25) is 0 Å². The van der Waals surface area contributed by atoms with E-state index in [1.807, 2.05) is 12.1 Å². The van der Waals surface area contributed by atoms with Crippen molar-refractivity contribution in [3.8, 4) is 0 Å². The van der Waals surface area contributed by atoms with Crippen LogP contribution in [0.15, 0.2) is 40.4 Å². The zero-order chi connectivity index (χ0) is 11.4. The van der Waals surface area contributed by atoms with Crippen LogP contribution in [0.5, 0.6) is 0 Å². The lowest BCUT2D eigenvalue weighted by molar-refractivity contribution is 0.555. The number of rotatable bonds is 4. The molecule has 5 heteroatoms. The van der Waals surface area contributed by atoms with Crippen LogP contribution in [-0.2, 0) is 6.42 Å². The van der Waals surface area contributed by atoms with Crippen molar-refractivity contribution < 1.29 is 0 Å². The second-order valence-electron chi connectivity index (χ2n) is 3.44. The molecular formula is C11H12BrN3S. The highest BCUT2D eigenvalue weighted by Crippen LogP contribution is 2.24. The number of nitrogens with one attached hydrogen (secondary N) is 1. The van der Waals surface area contributed by atoms with E-state index in [1.165, 1.54) is 4.88 Å². The molecule has 0 saturated carbocycles. The number of hydrazine groups is 1. The molecule has 3 nitrogen and oxygen atoms in total. The second kappa shape index (κ2) is 5.54. The Bertz CT molecular complexity index is 444. The number of aromatic nitrogens is 1. The summed E-state index contributed by atoms with van der Waals surface area (Å²) >= 11 is 5.18. The van der Waals surface area contributed by atoms with Crippen molar-refractivity contribution in [2.45, 2.75) is 12.5 Å². The van der Waals surface area contributed by atoms with Gasteiger partial charge in [0.15, 0.2) is 0 Å². The van der Waals surface area contributed by atoms with Crippen molar-refractivity contribution in [3.05, 3.63) is 50.9 Å². The molecule has 0 bridgehead atoms. The minimum atomic E-state index is 0.133. The van der Waals surface area contributed by atoms with Crippen LogP contribution >= 0.6 is 27.3 Å². The maximum absolute atomic E-state index is 5.58. The van der Waals surface area contributed by atoms with E-state index in [9.17, 15) is 0 Å².